The monoisotopic (exact) mass is 481 g/mol. The minimum Gasteiger partial charge on any atom is -0.507 e. The number of hydrogen-bond acceptors (Lipinski definition) is 6. The van der Waals surface area contributed by atoms with Crippen LogP contribution in [0.2, 0.25) is 5.02 Å². The van der Waals surface area contributed by atoms with Gasteiger partial charge in [-0.3, -0.25) is 19.7 Å². The van der Waals surface area contributed by atoms with E-state index in [2.05, 4.69) is 5.32 Å². The third kappa shape index (κ3) is 4.65. The van der Waals surface area contributed by atoms with E-state index in [4.69, 9.17) is 11.6 Å². The normalized spacial score (nSPS) is 14.9. The number of amides is 2. The molecule has 0 aromatic heterocycles. The van der Waals surface area contributed by atoms with Crippen molar-refractivity contribution in [2.75, 3.05) is 0 Å². The summed E-state index contributed by atoms with van der Waals surface area (Å²) in [6.07, 6.45) is 0.245. The van der Waals surface area contributed by atoms with Crippen molar-refractivity contribution in [2.24, 2.45) is 0 Å². The first-order valence-electron chi connectivity index (χ1n) is 10.3. The minimum atomic E-state index is -0.895. The number of nitro groups is 1. The van der Waals surface area contributed by atoms with E-state index in [-0.39, 0.29) is 41.5 Å². The molecule has 4 rings (SSSR count). The van der Waals surface area contributed by atoms with E-state index in [1.165, 1.54) is 23.1 Å². The molecule has 9 nitrogen and oxygen atoms in total. The third-order valence-electron chi connectivity index (χ3n) is 5.70. The SMILES string of the molecule is O=C(NCc1cccc([N+](=O)[O-])c1)[C@H]1Cc2ccccc2CN1C(=O)c1cc(Cl)c(O)cc1O. The number of halogens is 1. The smallest absolute Gasteiger partial charge is 0.269 e. The van der Waals surface area contributed by atoms with Crippen molar-refractivity contribution >= 4 is 29.1 Å². The summed E-state index contributed by atoms with van der Waals surface area (Å²) in [7, 11) is 0. The van der Waals surface area contributed by atoms with Gasteiger partial charge in [-0.2, -0.15) is 0 Å². The number of aromatic hydroxyl groups is 2. The predicted molar refractivity (Wildman–Crippen MR) is 124 cm³/mol. The van der Waals surface area contributed by atoms with E-state index in [1.54, 1.807) is 6.07 Å². The second-order valence-corrected chi connectivity index (χ2v) is 8.29. The number of nitrogens with zero attached hydrogens (tertiary/aromatic N) is 2. The molecule has 0 saturated heterocycles. The van der Waals surface area contributed by atoms with Gasteiger partial charge in [0, 0.05) is 37.7 Å². The molecule has 1 atom stereocenters. The van der Waals surface area contributed by atoms with Crippen LogP contribution < -0.4 is 5.32 Å². The molecule has 3 aromatic rings. The first kappa shape index (κ1) is 23.1. The van der Waals surface area contributed by atoms with Crippen molar-refractivity contribution in [3.8, 4) is 11.5 Å². The Morgan fingerprint density at radius 1 is 1.06 bits per heavy atom. The molecule has 34 heavy (non-hydrogen) atoms. The molecular formula is C24H20ClN3O6. The highest BCUT2D eigenvalue weighted by atomic mass is 35.5. The number of benzene rings is 3. The number of non-ortho nitro benzene ring substituents is 1. The van der Waals surface area contributed by atoms with Crippen molar-refractivity contribution in [1.29, 1.82) is 0 Å². The topological polar surface area (TPSA) is 133 Å². The average molecular weight is 482 g/mol. The standard InChI is InChI=1S/C24H20ClN3O6/c25-19-10-18(21(29)11-22(19)30)24(32)27-13-16-6-2-1-5-15(16)9-20(27)23(31)26-12-14-4-3-7-17(8-14)28(33)34/h1-8,10-11,20,29-30H,9,12-13H2,(H,26,31)/t20-/m1/s1. The summed E-state index contributed by atoms with van der Waals surface area (Å²) in [5, 5.41) is 33.6. The number of fused-ring (bicyclic) bond motifs is 1. The molecule has 10 heteroatoms. The van der Waals surface area contributed by atoms with Crippen LogP contribution in [-0.2, 0) is 24.3 Å². The molecule has 0 bridgehead atoms. The Balaban J connectivity index is 1.61. The van der Waals surface area contributed by atoms with Crippen molar-refractivity contribution in [2.45, 2.75) is 25.6 Å². The van der Waals surface area contributed by atoms with Crippen LogP contribution in [-0.4, -0.2) is 37.9 Å². The number of phenolic OH excluding ortho intramolecular Hbond substituents is 2. The fourth-order valence-corrected chi connectivity index (χ4v) is 4.10. The Hall–Kier alpha value is -4.11. The Morgan fingerprint density at radius 2 is 1.79 bits per heavy atom. The van der Waals surface area contributed by atoms with E-state index in [1.807, 2.05) is 24.3 Å². The Kier molecular flexibility index (Phi) is 6.38. The van der Waals surface area contributed by atoms with Gasteiger partial charge in [-0.25, -0.2) is 0 Å². The minimum absolute atomic E-state index is 0.0387. The lowest BCUT2D eigenvalue weighted by atomic mass is 9.92. The van der Waals surface area contributed by atoms with Gasteiger partial charge in [-0.1, -0.05) is 48.0 Å². The lowest BCUT2D eigenvalue weighted by molar-refractivity contribution is -0.384. The maximum absolute atomic E-state index is 13.4. The lowest BCUT2D eigenvalue weighted by Crippen LogP contribution is -2.52. The summed E-state index contributed by atoms with van der Waals surface area (Å²) in [5.41, 5.74) is 2.09. The third-order valence-corrected chi connectivity index (χ3v) is 6.00. The van der Waals surface area contributed by atoms with Crippen LogP contribution >= 0.6 is 11.6 Å². The van der Waals surface area contributed by atoms with Crippen LogP contribution in [0.1, 0.15) is 27.0 Å². The van der Waals surface area contributed by atoms with Crippen LogP contribution in [0.25, 0.3) is 0 Å². The number of nitro benzene ring substituents is 1. The molecule has 0 aliphatic carbocycles. The van der Waals surface area contributed by atoms with Gasteiger partial charge in [0.1, 0.15) is 17.5 Å². The fraction of sp³-hybridized carbons (Fsp3) is 0.167. The van der Waals surface area contributed by atoms with Crippen LogP contribution in [0.4, 0.5) is 5.69 Å². The van der Waals surface area contributed by atoms with Gasteiger partial charge in [0.05, 0.1) is 15.5 Å². The van der Waals surface area contributed by atoms with Crippen LogP contribution in [0.3, 0.4) is 0 Å². The highest BCUT2D eigenvalue weighted by molar-refractivity contribution is 6.32. The summed E-state index contributed by atoms with van der Waals surface area (Å²) in [4.78, 5) is 38.4. The summed E-state index contributed by atoms with van der Waals surface area (Å²) in [6, 6.07) is 14.6. The molecule has 0 unspecified atom stereocenters. The van der Waals surface area contributed by atoms with E-state index in [0.29, 0.717) is 5.56 Å². The Morgan fingerprint density at radius 3 is 2.53 bits per heavy atom. The quantitative estimate of drug-likeness (QED) is 0.377. The maximum Gasteiger partial charge on any atom is 0.269 e. The van der Waals surface area contributed by atoms with Gasteiger partial charge >= 0.3 is 0 Å². The number of carbonyl (C=O) groups is 2. The van der Waals surface area contributed by atoms with Crippen molar-refractivity contribution in [3.05, 3.63) is 98.1 Å². The molecule has 2 amide bonds. The zero-order valence-electron chi connectivity index (χ0n) is 17.8. The van der Waals surface area contributed by atoms with Crippen LogP contribution in [0.15, 0.2) is 60.7 Å². The lowest BCUT2D eigenvalue weighted by Gasteiger charge is -2.36. The van der Waals surface area contributed by atoms with E-state index >= 15 is 0 Å². The van der Waals surface area contributed by atoms with Gasteiger partial charge in [0.15, 0.2) is 0 Å². The molecule has 174 valence electrons. The molecule has 0 radical (unpaired) electrons. The highest BCUT2D eigenvalue weighted by Gasteiger charge is 2.36. The van der Waals surface area contributed by atoms with Gasteiger partial charge in [0.2, 0.25) is 5.91 Å². The Bertz CT molecular complexity index is 1300. The summed E-state index contributed by atoms with van der Waals surface area (Å²) < 4.78 is 0. The average Bonchev–Trinajstić information content (AvgIpc) is 2.83. The number of carbonyl (C=O) groups excluding carboxylic acids is 2. The second-order valence-electron chi connectivity index (χ2n) is 7.89. The van der Waals surface area contributed by atoms with E-state index < -0.39 is 28.5 Å². The molecule has 0 fully saturated rings. The zero-order valence-corrected chi connectivity index (χ0v) is 18.5. The second kappa shape index (κ2) is 9.40. The van der Waals surface area contributed by atoms with Crippen molar-refractivity contribution < 1.29 is 24.7 Å². The molecule has 3 aromatic carbocycles. The number of rotatable bonds is 5. The van der Waals surface area contributed by atoms with E-state index in [9.17, 15) is 29.9 Å². The predicted octanol–water partition coefficient (Wildman–Crippen LogP) is 3.54. The summed E-state index contributed by atoms with van der Waals surface area (Å²) in [5.74, 6) is -1.89. The largest absolute Gasteiger partial charge is 0.507 e. The highest BCUT2D eigenvalue weighted by Crippen LogP contribution is 2.33. The first-order valence-corrected chi connectivity index (χ1v) is 10.7. The summed E-state index contributed by atoms with van der Waals surface area (Å²) in [6.45, 7) is 0.165. The number of phenols is 2. The molecule has 1 aliphatic rings. The Labute approximate surface area is 199 Å². The number of hydrogen-bond donors (Lipinski definition) is 3. The molecule has 0 spiro atoms. The maximum atomic E-state index is 13.4. The van der Waals surface area contributed by atoms with Crippen LogP contribution in [0.5, 0.6) is 11.5 Å². The molecule has 0 saturated carbocycles. The van der Waals surface area contributed by atoms with E-state index in [0.717, 1.165) is 23.3 Å². The van der Waals surface area contributed by atoms with Gasteiger partial charge in [-0.05, 0) is 22.8 Å². The molecule has 1 aliphatic heterocycles. The van der Waals surface area contributed by atoms with Gasteiger partial charge in [0.25, 0.3) is 11.6 Å². The van der Waals surface area contributed by atoms with Crippen molar-refractivity contribution in [3.63, 3.8) is 0 Å². The molecule has 1 heterocycles. The zero-order chi connectivity index (χ0) is 24.4. The van der Waals surface area contributed by atoms with Crippen LogP contribution in [0, 0.1) is 10.1 Å². The number of nitrogens with one attached hydrogen (secondary N) is 1. The van der Waals surface area contributed by atoms with Gasteiger partial charge < -0.3 is 20.4 Å². The van der Waals surface area contributed by atoms with Gasteiger partial charge in [-0.15, -0.1) is 0 Å². The summed E-state index contributed by atoms with van der Waals surface area (Å²) >= 11 is 5.94. The first-order chi connectivity index (χ1) is 16.2. The molecule has 3 N–H and O–H groups in total. The van der Waals surface area contributed by atoms with Crippen molar-refractivity contribution in [1.82, 2.24) is 10.2 Å². The fourth-order valence-electron chi connectivity index (χ4n) is 3.93. The molecular weight excluding hydrogens is 462 g/mol.